The molecule has 8 heteroatoms. The highest BCUT2D eigenvalue weighted by atomic mass is 35.5. The molecule has 36 heavy (non-hydrogen) atoms. The molecular weight excluding hydrogens is 485 g/mol. The highest BCUT2D eigenvalue weighted by molar-refractivity contribution is 6.30. The minimum absolute atomic E-state index is 0.313. The number of methoxy groups -OCH3 is 1. The zero-order valence-electron chi connectivity index (χ0n) is 19.7. The molecule has 1 saturated heterocycles. The van der Waals surface area contributed by atoms with E-state index >= 15 is 0 Å². The Morgan fingerprint density at radius 1 is 1.00 bits per heavy atom. The average molecular weight is 510 g/mol. The maximum absolute atomic E-state index is 14.1. The van der Waals surface area contributed by atoms with Crippen LogP contribution in [0.15, 0.2) is 72.8 Å². The largest absolute Gasteiger partial charge is 0.480 e. The fourth-order valence-electron chi connectivity index (χ4n) is 5.09. The number of benzene rings is 3. The van der Waals surface area contributed by atoms with E-state index in [1.807, 2.05) is 13.0 Å². The van der Waals surface area contributed by atoms with Gasteiger partial charge in [-0.2, -0.15) is 0 Å². The molecule has 0 aliphatic carbocycles. The lowest BCUT2D eigenvalue weighted by Gasteiger charge is -2.30. The molecular formula is C28H25ClFNO5. The smallest absolute Gasteiger partial charge is 0.327 e. The van der Waals surface area contributed by atoms with Crippen molar-refractivity contribution in [1.29, 1.82) is 0 Å². The molecule has 4 unspecified atom stereocenters. The van der Waals surface area contributed by atoms with Crippen LogP contribution in [0, 0.1) is 18.7 Å². The molecule has 1 amide bonds. The quantitative estimate of drug-likeness (QED) is 0.450. The number of halogens is 2. The number of aryl methyl sites for hydroxylation is 1. The number of ketones is 1. The van der Waals surface area contributed by atoms with Crippen LogP contribution in [0.4, 0.5) is 4.39 Å². The van der Waals surface area contributed by atoms with Gasteiger partial charge in [-0.3, -0.25) is 9.59 Å². The van der Waals surface area contributed by atoms with E-state index in [9.17, 15) is 23.9 Å². The summed E-state index contributed by atoms with van der Waals surface area (Å²) in [5.74, 6) is -4.57. The minimum Gasteiger partial charge on any atom is -0.480 e. The van der Waals surface area contributed by atoms with E-state index in [-0.39, 0.29) is 12.4 Å². The van der Waals surface area contributed by atoms with Gasteiger partial charge in [0.1, 0.15) is 18.5 Å². The SMILES string of the molecule is COCC(=O)N1C(C(=O)O)C(c2ccc(F)cc2)C(C(=O)c2cccc(C)c2)C1c1ccc(Cl)cc1. The van der Waals surface area contributed by atoms with E-state index in [2.05, 4.69) is 0 Å². The Morgan fingerprint density at radius 2 is 1.64 bits per heavy atom. The van der Waals surface area contributed by atoms with Crippen LogP contribution in [-0.4, -0.2) is 47.4 Å². The Labute approximate surface area is 213 Å². The molecule has 0 aromatic heterocycles. The Balaban J connectivity index is 1.98. The van der Waals surface area contributed by atoms with Gasteiger partial charge in [-0.1, -0.05) is 59.6 Å². The van der Waals surface area contributed by atoms with Gasteiger partial charge in [0.15, 0.2) is 5.78 Å². The molecule has 1 aliphatic heterocycles. The van der Waals surface area contributed by atoms with Crippen molar-refractivity contribution in [3.63, 3.8) is 0 Å². The van der Waals surface area contributed by atoms with Gasteiger partial charge in [-0.05, 0) is 48.4 Å². The van der Waals surface area contributed by atoms with Crippen molar-refractivity contribution in [2.24, 2.45) is 5.92 Å². The third-order valence-corrected chi connectivity index (χ3v) is 6.80. The van der Waals surface area contributed by atoms with E-state index in [4.69, 9.17) is 16.3 Å². The molecule has 1 aliphatic rings. The van der Waals surface area contributed by atoms with Gasteiger partial charge in [0.2, 0.25) is 5.91 Å². The standard InChI is InChI=1S/C28H25ClFNO5/c1-16-4-3-5-19(14-16)27(33)24-23(17-8-12-21(30)13-9-17)26(28(34)35)31(22(32)15-36-2)25(24)18-6-10-20(29)11-7-18/h3-14,23-26H,15H2,1-2H3,(H,34,35). The Morgan fingerprint density at radius 3 is 2.22 bits per heavy atom. The Bertz CT molecular complexity index is 1280. The molecule has 6 nitrogen and oxygen atoms in total. The lowest BCUT2D eigenvalue weighted by molar-refractivity contribution is -0.151. The number of carbonyl (C=O) groups excluding carboxylic acids is 2. The maximum Gasteiger partial charge on any atom is 0.327 e. The summed E-state index contributed by atoms with van der Waals surface area (Å²) in [7, 11) is 1.34. The van der Waals surface area contributed by atoms with Gasteiger partial charge in [0.05, 0.1) is 12.0 Å². The van der Waals surface area contributed by atoms with Crippen molar-refractivity contribution < 1.29 is 28.6 Å². The number of rotatable bonds is 7. The van der Waals surface area contributed by atoms with E-state index in [0.29, 0.717) is 21.7 Å². The van der Waals surface area contributed by atoms with Crippen LogP contribution in [0.5, 0.6) is 0 Å². The molecule has 4 rings (SSSR count). The lowest BCUT2D eigenvalue weighted by Crippen LogP contribution is -2.45. The van der Waals surface area contributed by atoms with E-state index in [1.165, 1.54) is 36.3 Å². The van der Waals surface area contributed by atoms with Crippen molar-refractivity contribution in [2.75, 3.05) is 13.7 Å². The molecule has 0 spiro atoms. The highest BCUT2D eigenvalue weighted by Gasteiger charge is 2.57. The second kappa shape index (κ2) is 10.6. The van der Waals surface area contributed by atoms with Gasteiger partial charge in [-0.15, -0.1) is 0 Å². The van der Waals surface area contributed by atoms with Crippen molar-refractivity contribution >= 4 is 29.3 Å². The summed E-state index contributed by atoms with van der Waals surface area (Å²) in [6.07, 6.45) is 0. The van der Waals surface area contributed by atoms with Gasteiger partial charge < -0.3 is 14.7 Å². The zero-order valence-corrected chi connectivity index (χ0v) is 20.5. The maximum atomic E-state index is 14.1. The van der Waals surface area contributed by atoms with Crippen molar-refractivity contribution in [2.45, 2.75) is 24.9 Å². The molecule has 0 radical (unpaired) electrons. The van der Waals surface area contributed by atoms with Crippen LogP contribution in [0.1, 0.15) is 39.0 Å². The van der Waals surface area contributed by atoms with Crippen molar-refractivity contribution in [3.05, 3.63) is 106 Å². The van der Waals surface area contributed by atoms with E-state index < -0.39 is 41.6 Å². The third-order valence-electron chi connectivity index (χ3n) is 6.55. The van der Waals surface area contributed by atoms with Crippen molar-refractivity contribution in [3.8, 4) is 0 Å². The molecule has 4 atom stereocenters. The topological polar surface area (TPSA) is 83.9 Å². The van der Waals surface area contributed by atoms with Gasteiger partial charge in [-0.25, -0.2) is 9.18 Å². The number of carboxylic acid groups (broad SMARTS) is 1. The Hall–Kier alpha value is -3.55. The number of carboxylic acids is 1. The lowest BCUT2D eigenvalue weighted by atomic mass is 9.76. The van der Waals surface area contributed by atoms with Crippen LogP contribution in [-0.2, 0) is 14.3 Å². The number of aliphatic carboxylic acids is 1. The van der Waals surface area contributed by atoms with Crippen LogP contribution >= 0.6 is 11.6 Å². The third kappa shape index (κ3) is 4.90. The number of nitrogens with zero attached hydrogens (tertiary/aromatic N) is 1. The zero-order chi connectivity index (χ0) is 26.0. The van der Waals surface area contributed by atoms with Gasteiger partial charge in [0, 0.05) is 23.6 Å². The van der Waals surface area contributed by atoms with Crippen LogP contribution in [0.2, 0.25) is 5.02 Å². The first kappa shape index (κ1) is 25.5. The summed E-state index contributed by atoms with van der Waals surface area (Å²) < 4.78 is 18.9. The molecule has 3 aromatic rings. The van der Waals surface area contributed by atoms with Gasteiger partial charge in [0.25, 0.3) is 0 Å². The highest BCUT2D eigenvalue weighted by Crippen LogP contribution is 2.51. The minimum atomic E-state index is -1.39. The summed E-state index contributed by atoms with van der Waals surface area (Å²) in [6.45, 7) is 1.49. The molecule has 1 N–H and O–H groups in total. The fraction of sp³-hybridized carbons (Fsp3) is 0.250. The predicted molar refractivity (Wildman–Crippen MR) is 132 cm³/mol. The monoisotopic (exact) mass is 509 g/mol. The number of likely N-dealkylation sites (tertiary alicyclic amines) is 1. The molecule has 3 aromatic carbocycles. The summed E-state index contributed by atoms with van der Waals surface area (Å²) >= 11 is 6.10. The molecule has 1 fully saturated rings. The van der Waals surface area contributed by atoms with Crippen LogP contribution in [0.3, 0.4) is 0 Å². The number of ether oxygens (including phenoxy) is 1. The number of Topliss-reactive ketones (excluding diaryl/α,β-unsaturated/α-hetero) is 1. The molecule has 186 valence electrons. The Kier molecular flexibility index (Phi) is 7.52. The van der Waals surface area contributed by atoms with Gasteiger partial charge >= 0.3 is 5.97 Å². The number of hydrogen-bond donors (Lipinski definition) is 1. The molecule has 1 heterocycles. The number of amides is 1. The first-order chi connectivity index (χ1) is 17.2. The second-order valence-corrected chi connectivity index (χ2v) is 9.29. The summed E-state index contributed by atoms with van der Waals surface area (Å²) in [6, 6.07) is 16.7. The first-order valence-electron chi connectivity index (χ1n) is 11.4. The summed E-state index contributed by atoms with van der Waals surface area (Å²) in [4.78, 5) is 41.4. The normalized spacial score (nSPS) is 21.4. The van der Waals surface area contributed by atoms with Crippen molar-refractivity contribution in [1.82, 2.24) is 4.90 Å². The second-order valence-electron chi connectivity index (χ2n) is 8.85. The summed E-state index contributed by atoms with van der Waals surface area (Å²) in [5, 5.41) is 10.8. The molecule has 0 saturated carbocycles. The fourth-order valence-corrected chi connectivity index (χ4v) is 5.22. The summed E-state index contributed by atoms with van der Waals surface area (Å²) in [5.41, 5.74) is 2.27. The predicted octanol–water partition coefficient (Wildman–Crippen LogP) is 5.05. The van der Waals surface area contributed by atoms with Crippen LogP contribution in [0.25, 0.3) is 0 Å². The number of carbonyl (C=O) groups is 3. The number of hydrogen-bond acceptors (Lipinski definition) is 4. The van der Waals surface area contributed by atoms with Crippen LogP contribution < -0.4 is 0 Å². The van der Waals surface area contributed by atoms with E-state index in [0.717, 1.165) is 5.56 Å². The average Bonchev–Trinajstić information content (AvgIpc) is 3.21. The first-order valence-corrected chi connectivity index (χ1v) is 11.8. The van der Waals surface area contributed by atoms with E-state index in [1.54, 1.807) is 42.5 Å². The molecule has 0 bridgehead atoms.